The molecule has 2 N–H and O–H groups in total. The second-order valence-corrected chi connectivity index (χ2v) is 5.10. The molecule has 0 saturated carbocycles. The Morgan fingerprint density at radius 1 is 1.50 bits per heavy atom. The van der Waals surface area contributed by atoms with E-state index in [1.54, 1.807) is 11.3 Å². The fourth-order valence-electron chi connectivity index (χ4n) is 2.19. The Balaban J connectivity index is 2.08. The van der Waals surface area contributed by atoms with Crippen molar-refractivity contribution in [3.63, 3.8) is 0 Å². The Labute approximate surface area is 98.5 Å². The molecule has 2 aromatic rings. The van der Waals surface area contributed by atoms with Crippen LogP contribution in [0.15, 0.2) is 30.9 Å². The first-order chi connectivity index (χ1) is 7.78. The Morgan fingerprint density at radius 2 is 2.38 bits per heavy atom. The number of nitrogens with zero attached hydrogens (tertiary/aromatic N) is 1. The molecule has 0 radical (unpaired) electrons. The predicted octanol–water partition coefficient (Wildman–Crippen LogP) is 3.03. The van der Waals surface area contributed by atoms with Crippen LogP contribution in [0.5, 0.6) is 0 Å². The minimum atomic E-state index is 0.672. The highest BCUT2D eigenvalue weighted by molar-refractivity contribution is 7.15. The molecular formula is C13H12N2S. The zero-order chi connectivity index (χ0) is 11.1. The minimum Gasteiger partial charge on any atom is -0.375 e. The number of allylic oxidation sites excluding steroid dienone is 1. The summed E-state index contributed by atoms with van der Waals surface area (Å²) >= 11 is 1.60. The monoisotopic (exact) mass is 228 g/mol. The molecule has 0 fully saturated rings. The Hall–Kier alpha value is -1.61. The molecule has 2 nitrogen and oxygen atoms in total. The molecule has 0 bridgehead atoms. The van der Waals surface area contributed by atoms with Crippen LogP contribution in [0.3, 0.4) is 0 Å². The van der Waals surface area contributed by atoms with Crippen molar-refractivity contribution in [2.75, 3.05) is 5.73 Å². The van der Waals surface area contributed by atoms with Crippen LogP contribution in [0.2, 0.25) is 0 Å². The third-order valence-electron chi connectivity index (χ3n) is 2.87. The van der Waals surface area contributed by atoms with E-state index in [0.29, 0.717) is 5.13 Å². The van der Waals surface area contributed by atoms with Crippen molar-refractivity contribution < 1.29 is 0 Å². The summed E-state index contributed by atoms with van der Waals surface area (Å²) in [5, 5.41) is 0.672. The zero-order valence-corrected chi connectivity index (χ0v) is 9.68. The van der Waals surface area contributed by atoms with Crippen molar-refractivity contribution in [2.45, 2.75) is 12.8 Å². The van der Waals surface area contributed by atoms with E-state index in [9.17, 15) is 0 Å². The third kappa shape index (κ3) is 1.36. The van der Waals surface area contributed by atoms with Gasteiger partial charge < -0.3 is 5.73 Å². The van der Waals surface area contributed by atoms with E-state index in [0.717, 1.165) is 18.5 Å². The number of aromatic nitrogens is 1. The lowest BCUT2D eigenvalue weighted by Gasteiger charge is -2.02. The molecule has 1 aliphatic rings. The van der Waals surface area contributed by atoms with Gasteiger partial charge in [0.15, 0.2) is 5.13 Å². The maximum Gasteiger partial charge on any atom is 0.180 e. The summed E-state index contributed by atoms with van der Waals surface area (Å²) in [5.41, 5.74) is 10.7. The van der Waals surface area contributed by atoms with Crippen LogP contribution in [0, 0.1) is 0 Å². The molecule has 0 unspecified atom stereocenters. The predicted molar refractivity (Wildman–Crippen MR) is 68.7 cm³/mol. The van der Waals surface area contributed by atoms with E-state index in [-0.39, 0.29) is 0 Å². The van der Waals surface area contributed by atoms with Gasteiger partial charge in [0, 0.05) is 16.9 Å². The SMILES string of the molecule is C=CCc1ccc2c(c1)Cc1sc(N)nc1-2. The first-order valence-corrected chi connectivity index (χ1v) is 6.08. The summed E-state index contributed by atoms with van der Waals surface area (Å²) in [6.45, 7) is 3.76. The lowest BCUT2D eigenvalue weighted by atomic mass is 10.0. The van der Waals surface area contributed by atoms with E-state index in [4.69, 9.17) is 5.73 Å². The highest BCUT2D eigenvalue weighted by Crippen LogP contribution is 2.40. The summed E-state index contributed by atoms with van der Waals surface area (Å²) in [7, 11) is 0. The minimum absolute atomic E-state index is 0.672. The standard InChI is InChI=1S/C13H12N2S/c1-2-3-8-4-5-10-9(6-8)7-11-12(10)15-13(14)16-11/h2,4-6H,1,3,7H2,(H2,14,15). The van der Waals surface area contributed by atoms with Gasteiger partial charge in [0.05, 0.1) is 5.69 Å². The first-order valence-electron chi connectivity index (χ1n) is 5.26. The van der Waals surface area contributed by atoms with E-state index >= 15 is 0 Å². The summed E-state index contributed by atoms with van der Waals surface area (Å²) < 4.78 is 0. The number of nitrogen functional groups attached to an aromatic ring is 1. The van der Waals surface area contributed by atoms with Gasteiger partial charge in [-0.2, -0.15) is 0 Å². The molecule has 0 atom stereocenters. The lowest BCUT2D eigenvalue weighted by Crippen LogP contribution is -1.87. The topological polar surface area (TPSA) is 38.9 Å². The van der Waals surface area contributed by atoms with Gasteiger partial charge in [-0.1, -0.05) is 24.3 Å². The quantitative estimate of drug-likeness (QED) is 0.685. The number of anilines is 1. The van der Waals surface area contributed by atoms with Crippen LogP contribution in [-0.4, -0.2) is 4.98 Å². The molecule has 0 aliphatic heterocycles. The van der Waals surface area contributed by atoms with E-state index in [2.05, 4.69) is 29.8 Å². The normalized spacial score (nSPS) is 12.2. The molecule has 80 valence electrons. The van der Waals surface area contributed by atoms with Crippen molar-refractivity contribution >= 4 is 16.5 Å². The smallest absolute Gasteiger partial charge is 0.180 e. The second-order valence-electron chi connectivity index (χ2n) is 3.98. The number of benzene rings is 1. The summed E-state index contributed by atoms with van der Waals surface area (Å²) in [5.74, 6) is 0. The Morgan fingerprint density at radius 3 is 3.19 bits per heavy atom. The highest BCUT2D eigenvalue weighted by Gasteiger charge is 2.22. The fraction of sp³-hybridized carbons (Fsp3) is 0.154. The zero-order valence-electron chi connectivity index (χ0n) is 8.86. The van der Waals surface area contributed by atoms with Gasteiger partial charge in [0.2, 0.25) is 0 Å². The van der Waals surface area contributed by atoms with Gasteiger partial charge in [-0.05, 0) is 17.5 Å². The molecule has 3 rings (SSSR count). The average molecular weight is 228 g/mol. The number of fused-ring (bicyclic) bond motifs is 3. The molecule has 3 heteroatoms. The second kappa shape index (κ2) is 3.46. The molecule has 1 aromatic heterocycles. The summed E-state index contributed by atoms with van der Waals surface area (Å²) in [4.78, 5) is 5.68. The third-order valence-corrected chi connectivity index (χ3v) is 3.75. The number of thiazole rings is 1. The maximum atomic E-state index is 5.72. The van der Waals surface area contributed by atoms with Crippen LogP contribution in [-0.2, 0) is 12.8 Å². The molecule has 16 heavy (non-hydrogen) atoms. The van der Waals surface area contributed by atoms with Crippen LogP contribution in [0.25, 0.3) is 11.3 Å². The maximum absolute atomic E-state index is 5.72. The van der Waals surface area contributed by atoms with Crippen LogP contribution in [0.1, 0.15) is 16.0 Å². The molecule has 0 spiro atoms. The van der Waals surface area contributed by atoms with Crippen molar-refractivity contribution in [2.24, 2.45) is 0 Å². The van der Waals surface area contributed by atoms with Crippen LogP contribution in [0.4, 0.5) is 5.13 Å². The average Bonchev–Trinajstić information content (AvgIpc) is 2.73. The Bertz CT molecular complexity index is 569. The van der Waals surface area contributed by atoms with Gasteiger partial charge in [0.25, 0.3) is 0 Å². The summed E-state index contributed by atoms with van der Waals surface area (Å²) in [6, 6.07) is 6.55. The fourth-order valence-corrected chi connectivity index (χ4v) is 3.06. The number of nitrogens with two attached hydrogens (primary N) is 1. The highest BCUT2D eigenvalue weighted by atomic mass is 32.1. The van der Waals surface area contributed by atoms with Crippen molar-refractivity contribution in [1.29, 1.82) is 0 Å². The van der Waals surface area contributed by atoms with Crippen molar-refractivity contribution in [3.05, 3.63) is 46.9 Å². The molecular weight excluding hydrogens is 216 g/mol. The van der Waals surface area contributed by atoms with E-state index in [1.807, 2.05) is 6.08 Å². The van der Waals surface area contributed by atoms with Crippen molar-refractivity contribution in [3.8, 4) is 11.3 Å². The van der Waals surface area contributed by atoms with Crippen molar-refractivity contribution in [1.82, 2.24) is 4.98 Å². The Kier molecular flexibility index (Phi) is 2.07. The van der Waals surface area contributed by atoms with Crippen LogP contribution < -0.4 is 5.73 Å². The molecule has 1 heterocycles. The van der Waals surface area contributed by atoms with Crippen LogP contribution >= 0.6 is 11.3 Å². The molecule has 1 aliphatic carbocycles. The molecule has 0 saturated heterocycles. The van der Waals surface area contributed by atoms with Gasteiger partial charge in [0.1, 0.15) is 0 Å². The molecule has 0 amide bonds. The van der Waals surface area contributed by atoms with Gasteiger partial charge in [-0.25, -0.2) is 4.98 Å². The number of rotatable bonds is 2. The first kappa shape index (κ1) is 9.60. The molecule has 1 aromatic carbocycles. The van der Waals surface area contributed by atoms with Gasteiger partial charge in [-0.15, -0.1) is 17.9 Å². The lowest BCUT2D eigenvalue weighted by molar-refractivity contribution is 1.23. The van der Waals surface area contributed by atoms with E-state index in [1.165, 1.54) is 21.6 Å². The van der Waals surface area contributed by atoms with Gasteiger partial charge >= 0.3 is 0 Å². The van der Waals surface area contributed by atoms with Gasteiger partial charge in [-0.3, -0.25) is 0 Å². The number of hydrogen-bond donors (Lipinski definition) is 1. The van der Waals surface area contributed by atoms with E-state index < -0.39 is 0 Å². The number of hydrogen-bond acceptors (Lipinski definition) is 3. The largest absolute Gasteiger partial charge is 0.375 e. The summed E-state index contributed by atoms with van der Waals surface area (Å²) in [6.07, 6.45) is 3.84.